The smallest absolute Gasteiger partial charge is 0.134 e. The van der Waals surface area contributed by atoms with Gasteiger partial charge in [-0.25, -0.2) is 0 Å². The maximum atomic E-state index is 6.10. The van der Waals surface area contributed by atoms with Gasteiger partial charge in [0.1, 0.15) is 19.4 Å². The summed E-state index contributed by atoms with van der Waals surface area (Å²) in [5.74, 6) is 4.68. The molecule has 0 spiro atoms. The summed E-state index contributed by atoms with van der Waals surface area (Å²) in [6.45, 7) is 6.85. The molecule has 0 amide bonds. The van der Waals surface area contributed by atoms with Crippen LogP contribution in [0.1, 0.15) is 23.7 Å². The molecule has 0 fully saturated rings. The van der Waals surface area contributed by atoms with Crippen LogP contribution in [0.3, 0.4) is 0 Å². The van der Waals surface area contributed by atoms with Gasteiger partial charge in [0.05, 0.1) is 5.92 Å². The van der Waals surface area contributed by atoms with Crippen LogP contribution in [-0.2, 0) is 6.42 Å². The minimum absolute atomic E-state index is 0.157. The maximum absolute atomic E-state index is 6.10. The fourth-order valence-electron chi connectivity index (χ4n) is 2.72. The third-order valence-corrected chi connectivity index (χ3v) is 4.87. The van der Waals surface area contributed by atoms with Crippen molar-refractivity contribution in [2.24, 2.45) is 0 Å². The SMILES string of the molecule is C[Si](C)(C)C#C[C@H](CCc1ccccc1)c1cc2ccccc2o1. The van der Waals surface area contributed by atoms with E-state index >= 15 is 0 Å². The highest BCUT2D eigenvalue weighted by Gasteiger charge is 2.16. The molecule has 24 heavy (non-hydrogen) atoms. The highest BCUT2D eigenvalue weighted by Crippen LogP contribution is 2.28. The summed E-state index contributed by atoms with van der Waals surface area (Å²) >= 11 is 0. The second-order valence-corrected chi connectivity index (χ2v) is 12.0. The van der Waals surface area contributed by atoms with E-state index in [0.717, 1.165) is 29.6 Å². The van der Waals surface area contributed by atoms with Crippen molar-refractivity contribution in [1.82, 2.24) is 0 Å². The lowest BCUT2D eigenvalue weighted by atomic mass is 9.98. The first-order chi connectivity index (χ1) is 11.5. The Morgan fingerprint density at radius 2 is 1.67 bits per heavy atom. The molecule has 0 N–H and O–H groups in total. The molecule has 0 aliphatic carbocycles. The number of furan rings is 1. The summed E-state index contributed by atoms with van der Waals surface area (Å²) in [6.07, 6.45) is 2.00. The molecule has 1 atom stereocenters. The molecular weight excluding hydrogens is 308 g/mol. The van der Waals surface area contributed by atoms with E-state index in [1.807, 2.05) is 18.2 Å². The maximum Gasteiger partial charge on any atom is 0.134 e. The van der Waals surface area contributed by atoms with E-state index in [4.69, 9.17) is 4.42 Å². The van der Waals surface area contributed by atoms with E-state index in [0.29, 0.717) is 0 Å². The van der Waals surface area contributed by atoms with E-state index in [1.54, 1.807) is 0 Å². The fourth-order valence-corrected chi connectivity index (χ4v) is 3.33. The molecular formula is C22H24OSi. The van der Waals surface area contributed by atoms with E-state index in [9.17, 15) is 0 Å². The number of aryl methyl sites for hydroxylation is 1. The number of hydrogen-bond donors (Lipinski definition) is 0. The number of fused-ring (bicyclic) bond motifs is 1. The number of hydrogen-bond acceptors (Lipinski definition) is 1. The van der Waals surface area contributed by atoms with E-state index in [2.05, 4.69) is 73.6 Å². The monoisotopic (exact) mass is 332 g/mol. The zero-order chi connectivity index (χ0) is 17.0. The van der Waals surface area contributed by atoms with Crippen molar-refractivity contribution in [1.29, 1.82) is 0 Å². The van der Waals surface area contributed by atoms with Crippen LogP contribution in [0.4, 0.5) is 0 Å². The predicted molar refractivity (Wildman–Crippen MR) is 105 cm³/mol. The van der Waals surface area contributed by atoms with Crippen molar-refractivity contribution in [2.45, 2.75) is 38.4 Å². The zero-order valence-corrected chi connectivity index (χ0v) is 15.7. The minimum Gasteiger partial charge on any atom is -0.460 e. The van der Waals surface area contributed by atoms with Crippen molar-refractivity contribution in [3.8, 4) is 11.5 Å². The third-order valence-electron chi connectivity index (χ3n) is 3.97. The number of para-hydroxylation sites is 1. The zero-order valence-electron chi connectivity index (χ0n) is 14.7. The molecule has 122 valence electrons. The second kappa shape index (κ2) is 7.11. The molecule has 1 heterocycles. The van der Waals surface area contributed by atoms with Crippen LogP contribution in [0.5, 0.6) is 0 Å². The normalized spacial score (nSPS) is 12.6. The molecule has 0 saturated heterocycles. The van der Waals surface area contributed by atoms with Gasteiger partial charge in [-0.2, -0.15) is 0 Å². The van der Waals surface area contributed by atoms with Crippen molar-refractivity contribution < 1.29 is 4.42 Å². The van der Waals surface area contributed by atoms with Gasteiger partial charge in [-0.3, -0.25) is 0 Å². The largest absolute Gasteiger partial charge is 0.460 e. The Morgan fingerprint density at radius 3 is 2.38 bits per heavy atom. The van der Waals surface area contributed by atoms with Gasteiger partial charge in [0.25, 0.3) is 0 Å². The lowest BCUT2D eigenvalue weighted by molar-refractivity contribution is 0.517. The van der Waals surface area contributed by atoms with E-state index < -0.39 is 8.07 Å². The highest BCUT2D eigenvalue weighted by molar-refractivity contribution is 6.83. The summed E-state index contributed by atoms with van der Waals surface area (Å²) in [5.41, 5.74) is 5.84. The summed E-state index contributed by atoms with van der Waals surface area (Å²) in [4.78, 5) is 0. The summed E-state index contributed by atoms with van der Waals surface area (Å²) in [5, 5.41) is 1.16. The van der Waals surface area contributed by atoms with Gasteiger partial charge in [0.15, 0.2) is 0 Å². The minimum atomic E-state index is -1.40. The predicted octanol–water partition coefficient (Wildman–Crippen LogP) is 6.03. The van der Waals surface area contributed by atoms with Crippen LogP contribution < -0.4 is 0 Å². The average Bonchev–Trinajstić information content (AvgIpc) is 2.98. The Balaban J connectivity index is 1.87. The molecule has 1 nitrogen and oxygen atoms in total. The Labute approximate surface area is 145 Å². The van der Waals surface area contributed by atoms with Crippen LogP contribution in [0.25, 0.3) is 11.0 Å². The Bertz CT molecular complexity index is 826. The Morgan fingerprint density at radius 1 is 0.958 bits per heavy atom. The molecule has 0 aliphatic heterocycles. The lowest BCUT2D eigenvalue weighted by Gasteiger charge is -2.10. The van der Waals surface area contributed by atoms with Crippen molar-refractivity contribution >= 4 is 19.0 Å². The molecule has 0 saturated carbocycles. The molecule has 0 aliphatic rings. The van der Waals surface area contributed by atoms with Crippen molar-refractivity contribution in [2.75, 3.05) is 0 Å². The van der Waals surface area contributed by atoms with Gasteiger partial charge >= 0.3 is 0 Å². The van der Waals surface area contributed by atoms with E-state index in [1.165, 1.54) is 5.56 Å². The Hall–Kier alpha value is -2.24. The number of benzene rings is 2. The fraction of sp³-hybridized carbons (Fsp3) is 0.273. The molecule has 0 bridgehead atoms. The van der Waals surface area contributed by atoms with Crippen LogP contribution >= 0.6 is 0 Å². The summed E-state index contributed by atoms with van der Waals surface area (Å²) < 4.78 is 6.10. The standard InChI is InChI=1S/C22H24OSi/c1-24(2,3)16-15-19(14-13-18-9-5-4-6-10-18)22-17-20-11-7-8-12-21(20)23-22/h4-12,17,19H,13-14H2,1-3H3/t19-/m0/s1. The molecule has 2 aromatic carbocycles. The first-order valence-corrected chi connectivity index (χ1v) is 12.1. The van der Waals surface area contributed by atoms with Crippen LogP contribution in [0.15, 0.2) is 65.1 Å². The second-order valence-electron chi connectivity index (χ2n) is 7.28. The average molecular weight is 333 g/mol. The topological polar surface area (TPSA) is 13.1 Å². The summed E-state index contributed by atoms with van der Waals surface area (Å²) in [7, 11) is -1.40. The first kappa shape index (κ1) is 16.6. The quantitative estimate of drug-likeness (QED) is 0.420. The Kier molecular flexibility index (Phi) is 4.92. The van der Waals surface area contributed by atoms with Gasteiger partial charge in [-0.15, -0.1) is 5.54 Å². The molecule has 0 radical (unpaired) electrons. The molecule has 1 aromatic heterocycles. The summed E-state index contributed by atoms with van der Waals surface area (Å²) in [6, 6.07) is 21.0. The molecule has 0 unspecified atom stereocenters. The first-order valence-electron chi connectivity index (χ1n) is 8.56. The van der Waals surface area contributed by atoms with Crippen LogP contribution in [0, 0.1) is 11.5 Å². The van der Waals surface area contributed by atoms with Gasteiger partial charge in [-0.05, 0) is 30.5 Å². The molecule has 2 heteroatoms. The van der Waals surface area contributed by atoms with Crippen LogP contribution in [-0.4, -0.2) is 8.07 Å². The number of rotatable bonds is 4. The lowest BCUT2D eigenvalue weighted by Crippen LogP contribution is -2.17. The van der Waals surface area contributed by atoms with Gasteiger partial charge < -0.3 is 4.42 Å². The van der Waals surface area contributed by atoms with E-state index in [-0.39, 0.29) is 5.92 Å². The van der Waals surface area contributed by atoms with Gasteiger partial charge in [-0.1, -0.05) is 74.1 Å². The third kappa shape index (κ3) is 4.40. The van der Waals surface area contributed by atoms with Gasteiger partial charge in [0, 0.05) is 5.39 Å². The van der Waals surface area contributed by atoms with Gasteiger partial charge in [0.2, 0.25) is 0 Å². The van der Waals surface area contributed by atoms with Crippen molar-refractivity contribution in [3.63, 3.8) is 0 Å². The molecule has 3 rings (SSSR count). The van der Waals surface area contributed by atoms with Crippen molar-refractivity contribution in [3.05, 3.63) is 72.0 Å². The highest BCUT2D eigenvalue weighted by atomic mass is 28.3. The van der Waals surface area contributed by atoms with Crippen LogP contribution in [0.2, 0.25) is 19.6 Å². The molecule has 3 aromatic rings.